The summed E-state index contributed by atoms with van der Waals surface area (Å²) in [4.78, 5) is 18.2. The smallest absolute Gasteiger partial charge is 0.256 e. The van der Waals surface area contributed by atoms with Gasteiger partial charge < -0.3 is 9.88 Å². The number of aromatic amines is 1. The number of nitrogens with zero attached hydrogens (tertiary/aromatic N) is 1. The van der Waals surface area contributed by atoms with E-state index in [1.165, 1.54) is 30.5 Å². The number of amides is 1. The van der Waals surface area contributed by atoms with Crippen LogP contribution in [0.2, 0.25) is 0 Å². The molecule has 1 aromatic carbocycles. The molecular formula is C19H24N2O3S. The van der Waals surface area contributed by atoms with E-state index in [1.807, 2.05) is 12.1 Å². The van der Waals surface area contributed by atoms with Gasteiger partial charge >= 0.3 is 0 Å². The molecule has 1 aliphatic carbocycles. The Kier molecular flexibility index (Phi) is 4.10. The molecule has 1 N–H and O–H groups in total. The maximum atomic E-state index is 13.0. The summed E-state index contributed by atoms with van der Waals surface area (Å²) < 4.78 is 23.5. The summed E-state index contributed by atoms with van der Waals surface area (Å²) in [5, 5.41) is 1.15. The molecule has 134 valence electrons. The Morgan fingerprint density at radius 1 is 1.20 bits per heavy atom. The van der Waals surface area contributed by atoms with Crippen LogP contribution in [-0.4, -0.2) is 48.8 Å². The summed E-state index contributed by atoms with van der Waals surface area (Å²) in [6, 6.07) is 5.65. The molecule has 2 aliphatic rings. The van der Waals surface area contributed by atoms with Crippen LogP contribution in [0.4, 0.5) is 0 Å². The fourth-order valence-corrected chi connectivity index (χ4v) is 6.00. The molecule has 5 nitrogen and oxygen atoms in total. The first-order chi connectivity index (χ1) is 12.0. The van der Waals surface area contributed by atoms with Crippen molar-refractivity contribution in [3.05, 3.63) is 35.0 Å². The van der Waals surface area contributed by atoms with Crippen molar-refractivity contribution < 1.29 is 13.2 Å². The van der Waals surface area contributed by atoms with Gasteiger partial charge in [0.2, 0.25) is 0 Å². The highest BCUT2D eigenvalue weighted by molar-refractivity contribution is 7.91. The second-order valence-corrected chi connectivity index (χ2v) is 9.57. The normalized spacial score (nSPS) is 22.5. The van der Waals surface area contributed by atoms with Crippen molar-refractivity contribution in [2.75, 3.05) is 18.6 Å². The molecule has 25 heavy (non-hydrogen) atoms. The van der Waals surface area contributed by atoms with Crippen molar-refractivity contribution in [2.24, 2.45) is 0 Å². The Hall–Kier alpha value is -1.82. The maximum Gasteiger partial charge on any atom is 0.256 e. The third-order valence-corrected chi connectivity index (χ3v) is 7.44. The van der Waals surface area contributed by atoms with E-state index >= 15 is 0 Å². The quantitative estimate of drug-likeness (QED) is 0.837. The minimum atomic E-state index is -3.01. The molecule has 0 unspecified atom stereocenters. The lowest BCUT2D eigenvalue weighted by Gasteiger charge is -2.23. The second-order valence-electron chi connectivity index (χ2n) is 7.34. The summed E-state index contributed by atoms with van der Waals surface area (Å²) in [6.07, 6.45) is 6.25. The molecule has 0 radical (unpaired) electrons. The zero-order valence-electron chi connectivity index (χ0n) is 14.5. The van der Waals surface area contributed by atoms with Gasteiger partial charge in [0.15, 0.2) is 9.84 Å². The van der Waals surface area contributed by atoms with Gasteiger partial charge in [-0.1, -0.05) is 18.6 Å². The Bertz CT molecular complexity index is 930. The highest BCUT2D eigenvalue weighted by Gasteiger charge is 2.33. The number of aryl methyl sites for hydroxylation is 2. The van der Waals surface area contributed by atoms with Crippen LogP contribution in [0, 0.1) is 0 Å². The molecule has 1 fully saturated rings. The van der Waals surface area contributed by atoms with Crippen molar-refractivity contribution >= 4 is 26.6 Å². The lowest BCUT2D eigenvalue weighted by Crippen LogP contribution is -2.37. The Balaban J connectivity index is 1.70. The predicted molar refractivity (Wildman–Crippen MR) is 98.7 cm³/mol. The Morgan fingerprint density at radius 2 is 2.00 bits per heavy atom. The van der Waals surface area contributed by atoms with E-state index in [1.54, 1.807) is 11.9 Å². The van der Waals surface area contributed by atoms with Crippen LogP contribution in [0.3, 0.4) is 0 Å². The van der Waals surface area contributed by atoms with Gasteiger partial charge in [-0.25, -0.2) is 8.42 Å². The first-order valence-electron chi connectivity index (χ1n) is 9.06. The van der Waals surface area contributed by atoms with E-state index in [0.717, 1.165) is 23.7 Å². The maximum absolute atomic E-state index is 13.0. The van der Waals surface area contributed by atoms with Crippen LogP contribution in [-0.2, 0) is 22.7 Å². The topological polar surface area (TPSA) is 70.2 Å². The number of benzene rings is 1. The van der Waals surface area contributed by atoms with Gasteiger partial charge in [-0.05, 0) is 43.7 Å². The molecule has 0 spiro atoms. The van der Waals surface area contributed by atoms with Gasteiger partial charge in [-0.15, -0.1) is 0 Å². The molecule has 1 saturated heterocycles. The lowest BCUT2D eigenvalue weighted by atomic mass is 10.0. The number of rotatable bonds is 2. The van der Waals surface area contributed by atoms with E-state index in [2.05, 4.69) is 11.1 Å². The lowest BCUT2D eigenvalue weighted by molar-refractivity contribution is 0.0749. The number of hydrogen-bond donors (Lipinski definition) is 1. The summed E-state index contributed by atoms with van der Waals surface area (Å²) in [7, 11) is -1.28. The van der Waals surface area contributed by atoms with Crippen LogP contribution < -0.4 is 0 Å². The van der Waals surface area contributed by atoms with E-state index in [0.29, 0.717) is 12.0 Å². The number of hydrogen-bond acceptors (Lipinski definition) is 3. The molecule has 0 saturated carbocycles. The molecule has 4 rings (SSSR count). The number of aromatic nitrogens is 1. The van der Waals surface area contributed by atoms with Gasteiger partial charge in [0.1, 0.15) is 0 Å². The van der Waals surface area contributed by atoms with Crippen LogP contribution >= 0.6 is 0 Å². The number of fused-ring (bicyclic) bond motifs is 3. The van der Waals surface area contributed by atoms with Gasteiger partial charge in [-0.2, -0.15) is 0 Å². The van der Waals surface area contributed by atoms with Crippen molar-refractivity contribution in [3.8, 4) is 0 Å². The van der Waals surface area contributed by atoms with Crippen LogP contribution in [0.25, 0.3) is 10.9 Å². The molecule has 2 heterocycles. The zero-order chi connectivity index (χ0) is 17.6. The van der Waals surface area contributed by atoms with Gasteiger partial charge in [0, 0.05) is 24.2 Å². The molecule has 2 aromatic rings. The fraction of sp³-hybridized carbons (Fsp3) is 0.526. The van der Waals surface area contributed by atoms with Gasteiger partial charge in [-0.3, -0.25) is 4.79 Å². The number of carbonyl (C=O) groups is 1. The molecule has 1 aliphatic heterocycles. The van der Waals surface area contributed by atoms with Crippen LogP contribution in [0.1, 0.15) is 47.3 Å². The predicted octanol–water partition coefficient (Wildman–Crippen LogP) is 2.70. The van der Waals surface area contributed by atoms with Crippen molar-refractivity contribution in [3.63, 3.8) is 0 Å². The monoisotopic (exact) mass is 360 g/mol. The first-order valence-corrected chi connectivity index (χ1v) is 10.9. The van der Waals surface area contributed by atoms with E-state index < -0.39 is 9.84 Å². The summed E-state index contributed by atoms with van der Waals surface area (Å²) in [6.45, 7) is 0. The summed E-state index contributed by atoms with van der Waals surface area (Å²) >= 11 is 0. The standard InChI is InChI=1S/C19H24N2O3S/c1-21(13-10-11-25(23,24)12-13)19(22)16-8-5-7-15-14-6-3-2-4-9-17(14)20-18(15)16/h5,7-8,13,20H,2-4,6,9-12H2,1H3/t13-/m0/s1. The highest BCUT2D eigenvalue weighted by Crippen LogP contribution is 2.31. The van der Waals surface area contributed by atoms with Crippen LogP contribution in [0.15, 0.2) is 18.2 Å². The zero-order valence-corrected chi connectivity index (χ0v) is 15.4. The summed E-state index contributed by atoms with van der Waals surface area (Å²) in [5.41, 5.74) is 4.18. The summed E-state index contributed by atoms with van der Waals surface area (Å²) in [5.74, 6) is 0.159. The van der Waals surface area contributed by atoms with E-state index in [4.69, 9.17) is 0 Å². The molecule has 0 bridgehead atoms. The van der Waals surface area contributed by atoms with Gasteiger partial charge in [0.25, 0.3) is 5.91 Å². The largest absolute Gasteiger partial charge is 0.358 e. The molecule has 6 heteroatoms. The van der Waals surface area contributed by atoms with E-state index in [9.17, 15) is 13.2 Å². The molecule has 1 amide bonds. The third-order valence-electron chi connectivity index (χ3n) is 5.69. The molecule has 1 atom stereocenters. The number of H-pyrrole nitrogens is 1. The Morgan fingerprint density at radius 3 is 2.76 bits per heavy atom. The minimum absolute atomic E-state index is 0.0758. The number of nitrogens with one attached hydrogen (secondary N) is 1. The van der Waals surface area contributed by atoms with E-state index in [-0.39, 0.29) is 23.5 Å². The van der Waals surface area contributed by atoms with Crippen molar-refractivity contribution in [1.29, 1.82) is 0 Å². The number of para-hydroxylation sites is 1. The highest BCUT2D eigenvalue weighted by atomic mass is 32.2. The first kappa shape index (κ1) is 16.6. The number of carbonyl (C=O) groups excluding carboxylic acids is 1. The average Bonchev–Trinajstić information content (AvgIpc) is 3.04. The number of sulfone groups is 1. The fourth-order valence-electron chi connectivity index (χ4n) is 4.22. The van der Waals surface area contributed by atoms with Crippen LogP contribution in [0.5, 0.6) is 0 Å². The van der Waals surface area contributed by atoms with Gasteiger partial charge in [0.05, 0.1) is 22.6 Å². The second kappa shape index (κ2) is 6.16. The third kappa shape index (κ3) is 2.97. The minimum Gasteiger partial charge on any atom is -0.358 e. The van der Waals surface area contributed by atoms with Crippen molar-refractivity contribution in [2.45, 2.75) is 44.6 Å². The molecular weight excluding hydrogens is 336 g/mol. The Labute approximate surface area is 148 Å². The SMILES string of the molecule is CN(C(=O)c1cccc2c3c([nH]c12)CCCCC3)[C@H]1CCS(=O)(=O)C1. The average molecular weight is 360 g/mol. The van der Waals surface area contributed by atoms with Crippen molar-refractivity contribution in [1.82, 2.24) is 9.88 Å². The molecule has 1 aromatic heterocycles.